The lowest BCUT2D eigenvalue weighted by Crippen LogP contribution is -2.18. The Hall–Kier alpha value is -2.10. The van der Waals surface area contributed by atoms with Crippen LogP contribution in [0, 0.1) is 0 Å². The van der Waals surface area contributed by atoms with Gasteiger partial charge in [-0.05, 0) is 77.0 Å². The Balaban J connectivity index is 3.92. The van der Waals surface area contributed by atoms with E-state index in [4.69, 9.17) is 9.84 Å². The number of carbonyl (C=O) groups excluding carboxylic acids is 1. The van der Waals surface area contributed by atoms with E-state index in [0.29, 0.717) is 6.42 Å². The first kappa shape index (κ1) is 40.9. The maximum absolute atomic E-state index is 12.6. The zero-order valence-corrected chi connectivity index (χ0v) is 28.3. The molecule has 1 unspecified atom stereocenters. The van der Waals surface area contributed by atoms with Crippen LogP contribution in [0.15, 0.2) is 48.6 Å². The molecular formula is C39H68O4. The molecule has 4 nitrogen and oxygen atoms in total. The van der Waals surface area contributed by atoms with E-state index in [0.717, 1.165) is 96.3 Å². The van der Waals surface area contributed by atoms with Gasteiger partial charge in [0.05, 0.1) is 0 Å². The number of hydrogen-bond acceptors (Lipinski definition) is 3. The molecule has 0 spiro atoms. The predicted molar refractivity (Wildman–Crippen MR) is 185 cm³/mol. The molecule has 0 aliphatic rings. The van der Waals surface area contributed by atoms with Crippen LogP contribution < -0.4 is 0 Å². The standard InChI is InChI=1S/C39H68O4/c1-3-5-7-9-11-12-13-14-15-16-17-18-19-20-21-22-23-28-32-36-39(42)43-37(33-29-25-10-8-6-4-2)34-30-26-24-27-31-35-38(40)41/h5,7,11-12,14-15,17-18,37H,3-4,6,8-10,13,16,19-36H2,1-2H3,(H,40,41)/b7-5-,12-11-,15-14-,18-17-. The Morgan fingerprint density at radius 2 is 0.977 bits per heavy atom. The Labute approximate surface area is 266 Å². The molecule has 0 rings (SSSR count). The number of esters is 1. The first-order valence-corrected chi connectivity index (χ1v) is 18.1. The van der Waals surface area contributed by atoms with Crippen molar-refractivity contribution >= 4 is 11.9 Å². The number of carbonyl (C=O) groups is 2. The van der Waals surface area contributed by atoms with E-state index in [9.17, 15) is 9.59 Å². The molecule has 43 heavy (non-hydrogen) atoms. The molecule has 0 aliphatic carbocycles. The highest BCUT2D eigenvalue weighted by Gasteiger charge is 2.14. The summed E-state index contributed by atoms with van der Waals surface area (Å²) >= 11 is 0. The summed E-state index contributed by atoms with van der Waals surface area (Å²) in [5.41, 5.74) is 0. The Bertz CT molecular complexity index is 734. The fourth-order valence-electron chi connectivity index (χ4n) is 5.17. The number of ether oxygens (including phenoxy) is 1. The summed E-state index contributed by atoms with van der Waals surface area (Å²) in [6.07, 6.45) is 45.6. The maximum Gasteiger partial charge on any atom is 0.306 e. The molecule has 0 amide bonds. The number of hydrogen-bond donors (Lipinski definition) is 1. The molecule has 1 N–H and O–H groups in total. The highest BCUT2D eigenvalue weighted by molar-refractivity contribution is 5.69. The third-order valence-corrected chi connectivity index (χ3v) is 7.82. The van der Waals surface area contributed by atoms with Gasteiger partial charge in [-0.15, -0.1) is 0 Å². The lowest BCUT2D eigenvalue weighted by Gasteiger charge is -2.18. The van der Waals surface area contributed by atoms with Crippen LogP contribution in [0.1, 0.15) is 181 Å². The van der Waals surface area contributed by atoms with E-state index < -0.39 is 5.97 Å². The number of aliphatic carboxylic acids is 1. The number of unbranched alkanes of at least 4 members (excludes halogenated alkanes) is 15. The highest BCUT2D eigenvalue weighted by atomic mass is 16.5. The molecule has 0 saturated heterocycles. The molecule has 0 aromatic rings. The van der Waals surface area contributed by atoms with Gasteiger partial charge in [-0.1, -0.05) is 140 Å². The van der Waals surface area contributed by atoms with Crippen LogP contribution in [0.3, 0.4) is 0 Å². The zero-order valence-electron chi connectivity index (χ0n) is 28.3. The lowest BCUT2D eigenvalue weighted by molar-refractivity contribution is -0.150. The van der Waals surface area contributed by atoms with Crippen LogP contribution in [0.5, 0.6) is 0 Å². The van der Waals surface area contributed by atoms with E-state index in [-0.39, 0.29) is 18.5 Å². The molecule has 248 valence electrons. The normalized spacial score (nSPS) is 12.8. The van der Waals surface area contributed by atoms with Gasteiger partial charge < -0.3 is 9.84 Å². The van der Waals surface area contributed by atoms with E-state index in [1.807, 2.05) is 0 Å². The largest absolute Gasteiger partial charge is 0.481 e. The third-order valence-electron chi connectivity index (χ3n) is 7.82. The minimum absolute atomic E-state index is 0.0169. The van der Waals surface area contributed by atoms with Gasteiger partial charge in [0.15, 0.2) is 0 Å². The van der Waals surface area contributed by atoms with Crippen molar-refractivity contribution in [1.29, 1.82) is 0 Å². The van der Waals surface area contributed by atoms with Crippen molar-refractivity contribution in [3.63, 3.8) is 0 Å². The Kier molecular flexibility index (Phi) is 32.7. The van der Waals surface area contributed by atoms with Crippen LogP contribution in [-0.2, 0) is 14.3 Å². The van der Waals surface area contributed by atoms with Crippen molar-refractivity contribution in [2.75, 3.05) is 0 Å². The van der Waals surface area contributed by atoms with Crippen molar-refractivity contribution in [3.8, 4) is 0 Å². The van der Waals surface area contributed by atoms with Crippen molar-refractivity contribution in [2.45, 2.75) is 187 Å². The summed E-state index contributed by atoms with van der Waals surface area (Å²) in [5, 5.41) is 8.77. The van der Waals surface area contributed by atoms with Gasteiger partial charge in [-0.2, -0.15) is 0 Å². The average molecular weight is 601 g/mol. The quantitative estimate of drug-likeness (QED) is 0.0474. The van der Waals surface area contributed by atoms with E-state index >= 15 is 0 Å². The summed E-state index contributed by atoms with van der Waals surface area (Å²) in [4.78, 5) is 23.2. The number of carboxylic acids is 1. The van der Waals surface area contributed by atoms with E-state index in [2.05, 4.69) is 62.5 Å². The molecular weight excluding hydrogens is 532 g/mol. The minimum atomic E-state index is -0.705. The minimum Gasteiger partial charge on any atom is -0.481 e. The highest BCUT2D eigenvalue weighted by Crippen LogP contribution is 2.18. The fourth-order valence-corrected chi connectivity index (χ4v) is 5.17. The monoisotopic (exact) mass is 601 g/mol. The second kappa shape index (κ2) is 34.4. The zero-order chi connectivity index (χ0) is 31.5. The second-order valence-electron chi connectivity index (χ2n) is 12.0. The summed E-state index contributed by atoms with van der Waals surface area (Å²) in [6.45, 7) is 4.40. The van der Waals surface area contributed by atoms with Gasteiger partial charge in [0.2, 0.25) is 0 Å². The molecule has 0 radical (unpaired) electrons. The lowest BCUT2D eigenvalue weighted by atomic mass is 10.0. The van der Waals surface area contributed by atoms with Crippen molar-refractivity contribution in [1.82, 2.24) is 0 Å². The maximum atomic E-state index is 12.6. The molecule has 0 heterocycles. The van der Waals surface area contributed by atoms with E-state index in [1.165, 1.54) is 57.8 Å². The van der Waals surface area contributed by atoms with Crippen LogP contribution in [0.2, 0.25) is 0 Å². The van der Waals surface area contributed by atoms with Crippen molar-refractivity contribution < 1.29 is 19.4 Å². The summed E-state index contributed by atoms with van der Waals surface area (Å²) < 4.78 is 5.94. The van der Waals surface area contributed by atoms with Gasteiger partial charge in [0.1, 0.15) is 6.10 Å². The first-order valence-electron chi connectivity index (χ1n) is 18.1. The second-order valence-corrected chi connectivity index (χ2v) is 12.0. The van der Waals surface area contributed by atoms with Crippen LogP contribution >= 0.6 is 0 Å². The van der Waals surface area contributed by atoms with Crippen LogP contribution in [-0.4, -0.2) is 23.1 Å². The summed E-state index contributed by atoms with van der Waals surface area (Å²) in [6, 6.07) is 0. The first-order chi connectivity index (χ1) is 21.1. The SMILES string of the molecule is CC/C=C\C/C=C\C/C=C\C/C=C\CCCCCCCCC(=O)OC(CCCCCCCC)CCCCCCCC(=O)O. The van der Waals surface area contributed by atoms with Gasteiger partial charge in [0, 0.05) is 12.8 Å². The number of carboxylic acid groups (broad SMARTS) is 1. The summed E-state index contributed by atoms with van der Waals surface area (Å²) in [7, 11) is 0. The van der Waals surface area contributed by atoms with Gasteiger partial charge in [0.25, 0.3) is 0 Å². The van der Waals surface area contributed by atoms with Crippen molar-refractivity contribution in [3.05, 3.63) is 48.6 Å². The van der Waals surface area contributed by atoms with Crippen LogP contribution in [0.25, 0.3) is 0 Å². The van der Waals surface area contributed by atoms with Crippen molar-refractivity contribution in [2.24, 2.45) is 0 Å². The van der Waals surface area contributed by atoms with Gasteiger partial charge >= 0.3 is 11.9 Å². The molecule has 1 atom stereocenters. The molecule has 0 fully saturated rings. The van der Waals surface area contributed by atoms with E-state index in [1.54, 1.807) is 0 Å². The molecule has 0 bridgehead atoms. The molecule has 0 aromatic heterocycles. The molecule has 0 aliphatic heterocycles. The molecule has 0 saturated carbocycles. The third kappa shape index (κ3) is 34.3. The number of rotatable bonds is 32. The van der Waals surface area contributed by atoms with Crippen LogP contribution in [0.4, 0.5) is 0 Å². The number of allylic oxidation sites excluding steroid dienone is 8. The molecule has 4 heteroatoms. The smallest absolute Gasteiger partial charge is 0.306 e. The van der Waals surface area contributed by atoms with Gasteiger partial charge in [-0.3, -0.25) is 9.59 Å². The fraction of sp³-hybridized carbons (Fsp3) is 0.744. The predicted octanol–water partition coefficient (Wildman–Crippen LogP) is 12.4. The molecule has 0 aromatic carbocycles. The Morgan fingerprint density at radius 1 is 0.535 bits per heavy atom. The average Bonchev–Trinajstić information content (AvgIpc) is 2.99. The summed E-state index contributed by atoms with van der Waals surface area (Å²) in [5.74, 6) is -0.722. The van der Waals surface area contributed by atoms with Gasteiger partial charge in [-0.25, -0.2) is 0 Å². The Morgan fingerprint density at radius 3 is 1.51 bits per heavy atom. The topological polar surface area (TPSA) is 63.6 Å².